The van der Waals surface area contributed by atoms with Crippen LogP contribution in [0.3, 0.4) is 0 Å². The van der Waals surface area contributed by atoms with E-state index in [2.05, 4.69) is 53.9 Å². The second-order valence-electron chi connectivity index (χ2n) is 4.68. The Morgan fingerprint density at radius 3 is 2.38 bits per heavy atom. The van der Waals surface area contributed by atoms with Gasteiger partial charge >= 0.3 is 0 Å². The van der Waals surface area contributed by atoms with Crippen molar-refractivity contribution in [2.45, 2.75) is 26.7 Å². The third kappa shape index (κ3) is 3.66. The molecule has 3 rings (SSSR count). The Bertz CT molecular complexity index is 650. The maximum absolute atomic E-state index is 5.25. The van der Waals surface area contributed by atoms with Crippen LogP contribution in [0, 0.1) is 0 Å². The molecular formula is C19H23NO. The predicted molar refractivity (Wildman–Crippen MR) is 91.3 cm³/mol. The number of ether oxygens (including phenoxy) is 1. The van der Waals surface area contributed by atoms with Crippen molar-refractivity contribution in [2.75, 3.05) is 12.4 Å². The number of anilines is 1. The first-order chi connectivity index (χ1) is 10.4. The highest BCUT2D eigenvalue weighted by Crippen LogP contribution is 2.26. The first-order valence-corrected chi connectivity index (χ1v) is 7.55. The highest BCUT2D eigenvalue weighted by Gasteiger charge is 2.07. The van der Waals surface area contributed by atoms with E-state index in [1.165, 1.54) is 22.2 Å². The SMILES string of the molecule is CC.COC1=CC=C(Nc2cccc3ccccc23)CC1. The van der Waals surface area contributed by atoms with E-state index in [-0.39, 0.29) is 0 Å². The number of hydrogen-bond donors (Lipinski definition) is 1. The molecule has 110 valence electrons. The molecule has 2 aromatic rings. The molecule has 0 saturated heterocycles. The standard InChI is InChI=1S/C17H17NO.C2H6/c1-19-15-11-9-14(10-12-15)18-17-8-4-6-13-5-2-3-7-16(13)17;1-2/h2-9,11,18H,10,12H2,1H3;1-2H3. The Kier molecular flexibility index (Phi) is 5.44. The summed E-state index contributed by atoms with van der Waals surface area (Å²) in [5, 5.41) is 6.05. The van der Waals surface area contributed by atoms with Crippen LogP contribution in [0.25, 0.3) is 10.8 Å². The van der Waals surface area contributed by atoms with E-state index in [4.69, 9.17) is 4.74 Å². The van der Waals surface area contributed by atoms with Crippen LogP contribution in [0.4, 0.5) is 5.69 Å². The summed E-state index contributed by atoms with van der Waals surface area (Å²) >= 11 is 0. The highest BCUT2D eigenvalue weighted by molar-refractivity contribution is 5.94. The summed E-state index contributed by atoms with van der Waals surface area (Å²) < 4.78 is 5.25. The Labute approximate surface area is 127 Å². The molecule has 21 heavy (non-hydrogen) atoms. The van der Waals surface area contributed by atoms with Crippen LogP contribution in [-0.2, 0) is 4.74 Å². The topological polar surface area (TPSA) is 21.3 Å². The van der Waals surface area contributed by atoms with Crippen LogP contribution in [0.2, 0.25) is 0 Å². The van der Waals surface area contributed by atoms with Gasteiger partial charge in [0.15, 0.2) is 0 Å². The number of rotatable bonds is 3. The first kappa shape index (κ1) is 15.2. The average molecular weight is 281 g/mol. The Morgan fingerprint density at radius 2 is 1.67 bits per heavy atom. The minimum absolute atomic E-state index is 0.958. The van der Waals surface area contributed by atoms with Crippen LogP contribution in [0.1, 0.15) is 26.7 Å². The van der Waals surface area contributed by atoms with E-state index < -0.39 is 0 Å². The lowest BCUT2D eigenvalue weighted by Gasteiger charge is -2.17. The molecule has 1 aliphatic rings. The van der Waals surface area contributed by atoms with E-state index >= 15 is 0 Å². The van der Waals surface area contributed by atoms with Gasteiger partial charge in [0.25, 0.3) is 0 Å². The first-order valence-electron chi connectivity index (χ1n) is 7.55. The van der Waals surface area contributed by atoms with Crippen LogP contribution in [0.15, 0.2) is 66.1 Å². The molecule has 2 aromatic carbocycles. The Balaban J connectivity index is 0.000000774. The van der Waals surface area contributed by atoms with Gasteiger partial charge in [-0.05, 0) is 30.0 Å². The smallest absolute Gasteiger partial charge is 0.0959 e. The highest BCUT2D eigenvalue weighted by atomic mass is 16.5. The molecule has 0 fully saturated rings. The zero-order chi connectivity index (χ0) is 15.1. The summed E-state index contributed by atoms with van der Waals surface area (Å²) in [6.07, 6.45) is 6.09. The van der Waals surface area contributed by atoms with Gasteiger partial charge in [-0.25, -0.2) is 0 Å². The lowest BCUT2D eigenvalue weighted by atomic mass is 10.1. The maximum atomic E-state index is 5.25. The summed E-state index contributed by atoms with van der Waals surface area (Å²) in [6, 6.07) is 14.8. The molecule has 0 amide bonds. The second-order valence-corrected chi connectivity index (χ2v) is 4.68. The van der Waals surface area contributed by atoms with Gasteiger partial charge in [-0.2, -0.15) is 0 Å². The van der Waals surface area contributed by atoms with E-state index in [1.807, 2.05) is 19.9 Å². The average Bonchev–Trinajstić information content (AvgIpc) is 2.58. The summed E-state index contributed by atoms with van der Waals surface area (Å²) in [4.78, 5) is 0. The van der Waals surface area contributed by atoms with Gasteiger partial charge in [-0.1, -0.05) is 50.2 Å². The number of benzene rings is 2. The van der Waals surface area contributed by atoms with E-state index in [0.717, 1.165) is 18.6 Å². The maximum Gasteiger partial charge on any atom is 0.0959 e. The zero-order valence-electron chi connectivity index (χ0n) is 13.0. The van der Waals surface area contributed by atoms with Crippen molar-refractivity contribution < 1.29 is 4.74 Å². The normalized spacial score (nSPS) is 13.7. The van der Waals surface area contributed by atoms with Gasteiger partial charge < -0.3 is 10.1 Å². The lowest BCUT2D eigenvalue weighted by molar-refractivity contribution is 0.276. The molecule has 0 aliphatic heterocycles. The monoisotopic (exact) mass is 281 g/mol. The Hall–Kier alpha value is -2.22. The molecule has 1 N–H and O–H groups in total. The van der Waals surface area contributed by atoms with Crippen molar-refractivity contribution >= 4 is 16.5 Å². The van der Waals surface area contributed by atoms with Crippen LogP contribution in [0.5, 0.6) is 0 Å². The number of methoxy groups -OCH3 is 1. The van der Waals surface area contributed by atoms with Gasteiger partial charge in [0.1, 0.15) is 0 Å². The van der Waals surface area contributed by atoms with Crippen molar-refractivity contribution in [1.82, 2.24) is 0 Å². The minimum atomic E-state index is 0.958. The number of nitrogens with one attached hydrogen (secondary N) is 1. The summed E-state index contributed by atoms with van der Waals surface area (Å²) in [7, 11) is 1.72. The van der Waals surface area contributed by atoms with Gasteiger partial charge in [-0.15, -0.1) is 0 Å². The number of allylic oxidation sites excluding steroid dienone is 4. The quantitative estimate of drug-likeness (QED) is 0.803. The third-order valence-electron chi connectivity index (χ3n) is 3.46. The number of hydrogen-bond acceptors (Lipinski definition) is 2. The van der Waals surface area contributed by atoms with E-state index in [0.29, 0.717) is 0 Å². The molecule has 0 saturated carbocycles. The fraction of sp³-hybridized carbons (Fsp3) is 0.263. The van der Waals surface area contributed by atoms with Crippen LogP contribution < -0.4 is 5.32 Å². The van der Waals surface area contributed by atoms with Gasteiger partial charge in [0.2, 0.25) is 0 Å². The molecule has 0 unspecified atom stereocenters. The van der Waals surface area contributed by atoms with Crippen molar-refractivity contribution in [3.63, 3.8) is 0 Å². The molecule has 0 radical (unpaired) electrons. The summed E-state index contributed by atoms with van der Waals surface area (Å²) in [5.74, 6) is 1.04. The van der Waals surface area contributed by atoms with Gasteiger partial charge in [0, 0.05) is 23.2 Å². The molecule has 0 spiro atoms. The summed E-state index contributed by atoms with van der Waals surface area (Å²) in [6.45, 7) is 4.00. The van der Waals surface area contributed by atoms with Crippen LogP contribution >= 0.6 is 0 Å². The molecule has 0 aromatic heterocycles. The lowest BCUT2D eigenvalue weighted by Crippen LogP contribution is -2.04. The molecule has 0 heterocycles. The third-order valence-corrected chi connectivity index (χ3v) is 3.46. The molecule has 1 aliphatic carbocycles. The van der Waals surface area contributed by atoms with Crippen molar-refractivity contribution in [2.24, 2.45) is 0 Å². The Morgan fingerprint density at radius 1 is 0.905 bits per heavy atom. The fourth-order valence-electron chi connectivity index (χ4n) is 2.40. The molecule has 0 bridgehead atoms. The van der Waals surface area contributed by atoms with E-state index in [9.17, 15) is 0 Å². The van der Waals surface area contributed by atoms with Gasteiger partial charge in [0.05, 0.1) is 12.9 Å². The zero-order valence-corrected chi connectivity index (χ0v) is 13.0. The van der Waals surface area contributed by atoms with E-state index in [1.54, 1.807) is 7.11 Å². The van der Waals surface area contributed by atoms with Gasteiger partial charge in [-0.3, -0.25) is 0 Å². The van der Waals surface area contributed by atoms with Crippen LogP contribution in [-0.4, -0.2) is 7.11 Å². The largest absolute Gasteiger partial charge is 0.501 e. The minimum Gasteiger partial charge on any atom is -0.501 e. The summed E-state index contributed by atoms with van der Waals surface area (Å²) in [5.41, 5.74) is 2.40. The van der Waals surface area contributed by atoms with Crippen molar-refractivity contribution in [3.05, 3.63) is 66.1 Å². The fourth-order valence-corrected chi connectivity index (χ4v) is 2.40. The molecule has 2 heteroatoms. The molecular weight excluding hydrogens is 258 g/mol. The second kappa shape index (κ2) is 7.53. The molecule has 0 atom stereocenters. The molecule has 2 nitrogen and oxygen atoms in total. The van der Waals surface area contributed by atoms with Crippen molar-refractivity contribution in [3.8, 4) is 0 Å². The van der Waals surface area contributed by atoms with Crippen molar-refractivity contribution in [1.29, 1.82) is 0 Å². The predicted octanol–water partition coefficient (Wildman–Crippen LogP) is 5.49. The number of fused-ring (bicyclic) bond motifs is 1.